The van der Waals surface area contributed by atoms with E-state index in [-0.39, 0.29) is 29.0 Å². The van der Waals surface area contributed by atoms with E-state index in [0.29, 0.717) is 0 Å². The van der Waals surface area contributed by atoms with E-state index in [2.05, 4.69) is 10.1 Å². The van der Waals surface area contributed by atoms with Crippen LogP contribution < -0.4 is 14.8 Å². The zero-order valence-corrected chi connectivity index (χ0v) is 13.0. The average Bonchev–Trinajstić information content (AvgIpc) is 2.42. The van der Waals surface area contributed by atoms with Crippen molar-refractivity contribution in [1.82, 2.24) is 5.32 Å². The second-order valence-corrected chi connectivity index (χ2v) is 5.84. The van der Waals surface area contributed by atoms with Gasteiger partial charge in [-0.2, -0.15) is 8.78 Å². The van der Waals surface area contributed by atoms with E-state index in [1.54, 1.807) is 0 Å². The number of ether oxygens (including phenoxy) is 2. The first-order chi connectivity index (χ1) is 10.1. The Bertz CT molecular complexity index is 515. The van der Waals surface area contributed by atoms with Gasteiger partial charge in [0.05, 0.1) is 13.2 Å². The van der Waals surface area contributed by atoms with Crippen LogP contribution in [0.15, 0.2) is 18.2 Å². The molecule has 0 fully saturated rings. The molecule has 1 atom stereocenters. The molecule has 0 bridgehead atoms. The third-order valence-electron chi connectivity index (χ3n) is 3.10. The van der Waals surface area contributed by atoms with Crippen LogP contribution in [0, 0.1) is 5.41 Å². The summed E-state index contributed by atoms with van der Waals surface area (Å²) in [6.07, 6.45) is -0.730. The second kappa shape index (κ2) is 7.40. The highest BCUT2D eigenvalue weighted by molar-refractivity contribution is 5.94. The molecule has 1 amide bonds. The summed E-state index contributed by atoms with van der Waals surface area (Å²) in [5.41, 5.74) is -0.241. The van der Waals surface area contributed by atoms with Gasteiger partial charge in [-0.1, -0.05) is 20.8 Å². The number of alkyl halides is 2. The second-order valence-electron chi connectivity index (χ2n) is 5.84. The number of carbonyl (C=O) groups is 1. The number of nitrogens with one attached hydrogen (secondary N) is 1. The summed E-state index contributed by atoms with van der Waals surface area (Å²) in [7, 11) is 1.31. The van der Waals surface area contributed by atoms with Gasteiger partial charge < -0.3 is 19.9 Å². The molecule has 1 aromatic rings. The third-order valence-corrected chi connectivity index (χ3v) is 3.10. The zero-order chi connectivity index (χ0) is 16.9. The van der Waals surface area contributed by atoms with Crippen molar-refractivity contribution < 1.29 is 28.2 Å². The van der Waals surface area contributed by atoms with Crippen molar-refractivity contribution >= 4 is 5.91 Å². The van der Waals surface area contributed by atoms with Crippen molar-refractivity contribution in [2.24, 2.45) is 5.41 Å². The molecule has 0 aromatic heterocycles. The molecule has 0 aliphatic rings. The number of aliphatic hydroxyl groups excluding tert-OH is 1. The highest BCUT2D eigenvalue weighted by atomic mass is 19.3. The largest absolute Gasteiger partial charge is 0.493 e. The fraction of sp³-hybridized carbons (Fsp3) is 0.533. The Kier molecular flexibility index (Phi) is 6.11. The number of amides is 1. The zero-order valence-electron chi connectivity index (χ0n) is 13.0. The van der Waals surface area contributed by atoms with E-state index in [1.807, 2.05) is 20.8 Å². The van der Waals surface area contributed by atoms with Crippen LogP contribution in [0.4, 0.5) is 8.78 Å². The number of hydrogen-bond acceptors (Lipinski definition) is 4. The van der Waals surface area contributed by atoms with Gasteiger partial charge in [-0.3, -0.25) is 4.79 Å². The molecule has 1 aromatic carbocycles. The van der Waals surface area contributed by atoms with Gasteiger partial charge in [-0.25, -0.2) is 0 Å². The van der Waals surface area contributed by atoms with Crippen molar-refractivity contribution in [3.63, 3.8) is 0 Å². The number of halogens is 2. The van der Waals surface area contributed by atoms with Gasteiger partial charge in [0.15, 0.2) is 11.5 Å². The van der Waals surface area contributed by atoms with Crippen molar-refractivity contribution in [2.45, 2.75) is 33.5 Å². The summed E-state index contributed by atoms with van der Waals surface area (Å²) in [5, 5.41) is 12.4. The Morgan fingerprint density at radius 1 is 1.32 bits per heavy atom. The number of carbonyl (C=O) groups excluding carboxylic acids is 1. The van der Waals surface area contributed by atoms with E-state index >= 15 is 0 Å². The van der Waals surface area contributed by atoms with Gasteiger partial charge >= 0.3 is 6.61 Å². The summed E-state index contributed by atoms with van der Waals surface area (Å²) >= 11 is 0. The molecule has 7 heteroatoms. The Morgan fingerprint density at radius 3 is 2.45 bits per heavy atom. The summed E-state index contributed by atoms with van der Waals surface area (Å²) < 4.78 is 33.9. The molecular formula is C15H21F2NO4. The van der Waals surface area contributed by atoms with Gasteiger partial charge in [-0.15, -0.1) is 0 Å². The van der Waals surface area contributed by atoms with Gasteiger partial charge in [0, 0.05) is 12.1 Å². The molecule has 0 aliphatic carbocycles. The maximum absolute atomic E-state index is 12.3. The van der Waals surface area contributed by atoms with E-state index in [1.165, 1.54) is 25.3 Å². The Morgan fingerprint density at radius 2 is 1.95 bits per heavy atom. The maximum atomic E-state index is 12.3. The van der Waals surface area contributed by atoms with Crippen LogP contribution in [0.1, 0.15) is 31.1 Å². The van der Waals surface area contributed by atoms with Crippen LogP contribution >= 0.6 is 0 Å². The number of methoxy groups -OCH3 is 1. The lowest BCUT2D eigenvalue weighted by atomic mass is 9.89. The van der Waals surface area contributed by atoms with E-state index < -0.39 is 18.6 Å². The summed E-state index contributed by atoms with van der Waals surface area (Å²) in [5.74, 6) is -0.613. The minimum Gasteiger partial charge on any atom is -0.493 e. The smallest absolute Gasteiger partial charge is 0.387 e. The van der Waals surface area contributed by atoms with Crippen molar-refractivity contribution in [1.29, 1.82) is 0 Å². The minimum atomic E-state index is -3.02. The molecule has 2 N–H and O–H groups in total. The maximum Gasteiger partial charge on any atom is 0.387 e. The van der Waals surface area contributed by atoms with Crippen LogP contribution in [-0.4, -0.2) is 37.4 Å². The fourth-order valence-electron chi connectivity index (χ4n) is 1.60. The van der Waals surface area contributed by atoms with Crippen LogP contribution in [0.2, 0.25) is 0 Å². The molecule has 0 aliphatic heterocycles. The van der Waals surface area contributed by atoms with E-state index in [0.717, 1.165) is 0 Å². The third kappa shape index (κ3) is 5.14. The van der Waals surface area contributed by atoms with Crippen LogP contribution in [0.5, 0.6) is 11.5 Å². The summed E-state index contributed by atoms with van der Waals surface area (Å²) in [4.78, 5) is 12.0. The lowest BCUT2D eigenvalue weighted by Crippen LogP contribution is -2.39. The quantitative estimate of drug-likeness (QED) is 0.845. The molecule has 0 saturated carbocycles. The molecule has 124 valence electrons. The first kappa shape index (κ1) is 18.2. The molecule has 0 saturated heterocycles. The number of rotatable bonds is 6. The van der Waals surface area contributed by atoms with Gasteiger partial charge in [0.2, 0.25) is 0 Å². The number of benzene rings is 1. The van der Waals surface area contributed by atoms with Crippen LogP contribution in [0.25, 0.3) is 0 Å². The normalized spacial score (nSPS) is 12.9. The van der Waals surface area contributed by atoms with E-state index in [4.69, 9.17) is 4.74 Å². The first-order valence-electron chi connectivity index (χ1n) is 6.74. The molecule has 0 heterocycles. The topological polar surface area (TPSA) is 67.8 Å². The minimum absolute atomic E-state index is 0.0550. The summed E-state index contributed by atoms with van der Waals surface area (Å²) in [6.45, 7) is 2.55. The monoisotopic (exact) mass is 317 g/mol. The Balaban J connectivity index is 2.81. The lowest BCUT2D eigenvalue weighted by molar-refractivity contribution is -0.0512. The molecule has 5 nitrogen and oxygen atoms in total. The Labute approximate surface area is 128 Å². The first-order valence-corrected chi connectivity index (χ1v) is 6.74. The lowest BCUT2D eigenvalue weighted by Gasteiger charge is -2.25. The van der Waals surface area contributed by atoms with Crippen LogP contribution in [0.3, 0.4) is 0 Å². The molecule has 0 radical (unpaired) electrons. The highest BCUT2D eigenvalue weighted by Gasteiger charge is 2.23. The summed E-state index contributed by atoms with van der Waals surface area (Å²) in [6, 6.07) is 3.96. The Hall–Kier alpha value is -1.89. The predicted octanol–water partition coefficient (Wildman–Crippen LogP) is 2.43. The van der Waals surface area contributed by atoms with Crippen LogP contribution in [-0.2, 0) is 0 Å². The van der Waals surface area contributed by atoms with Crippen molar-refractivity contribution in [3.05, 3.63) is 23.8 Å². The molecule has 0 unspecified atom stereocenters. The standard InChI is InChI=1S/C15H21F2NO4/c1-15(2,3)12(19)8-18-13(20)9-5-6-10(21-4)11(7-9)22-14(16)17/h5-7,12,14,19H,8H2,1-4H3,(H,18,20)/t12-/m1/s1. The van der Waals surface area contributed by atoms with Crippen molar-refractivity contribution in [2.75, 3.05) is 13.7 Å². The van der Waals surface area contributed by atoms with Gasteiger partial charge in [-0.05, 0) is 23.6 Å². The molecule has 22 heavy (non-hydrogen) atoms. The number of hydrogen-bond donors (Lipinski definition) is 2. The van der Waals surface area contributed by atoms with Gasteiger partial charge in [0.1, 0.15) is 0 Å². The SMILES string of the molecule is COc1ccc(C(=O)NC[C@@H](O)C(C)(C)C)cc1OC(F)F. The van der Waals surface area contributed by atoms with Gasteiger partial charge in [0.25, 0.3) is 5.91 Å². The average molecular weight is 317 g/mol. The van der Waals surface area contributed by atoms with E-state index in [9.17, 15) is 18.7 Å². The fourth-order valence-corrected chi connectivity index (χ4v) is 1.60. The predicted molar refractivity (Wildman–Crippen MR) is 77.4 cm³/mol. The van der Waals surface area contributed by atoms with Crippen molar-refractivity contribution in [3.8, 4) is 11.5 Å². The molecule has 1 rings (SSSR count). The highest BCUT2D eigenvalue weighted by Crippen LogP contribution is 2.29. The molecule has 0 spiro atoms. The molecular weight excluding hydrogens is 296 g/mol. The number of aliphatic hydroxyl groups is 1.